The van der Waals surface area contributed by atoms with E-state index >= 15 is 0 Å². The van der Waals surface area contributed by atoms with Crippen LogP contribution in [-0.4, -0.2) is 43.0 Å². The Labute approximate surface area is 99.3 Å². The van der Waals surface area contributed by atoms with E-state index in [2.05, 4.69) is 5.32 Å². The number of nitrogens with one attached hydrogen (secondary N) is 1. The third-order valence-electron chi connectivity index (χ3n) is 3.53. The molecular weight excluding hydrogens is 224 g/mol. The molecule has 2 aliphatic rings. The van der Waals surface area contributed by atoms with Crippen LogP contribution in [0.3, 0.4) is 0 Å². The SMILES string of the molecule is COCCN1C(=O)NC(=O)C2(CCCC2)C1=O. The molecule has 1 heterocycles. The average Bonchev–Trinajstić information content (AvgIpc) is 2.77. The molecule has 1 spiro atoms. The van der Waals surface area contributed by atoms with Gasteiger partial charge in [0.2, 0.25) is 11.8 Å². The van der Waals surface area contributed by atoms with E-state index < -0.39 is 17.4 Å². The van der Waals surface area contributed by atoms with Crippen molar-refractivity contribution in [2.24, 2.45) is 5.41 Å². The molecule has 0 radical (unpaired) electrons. The van der Waals surface area contributed by atoms with Gasteiger partial charge in [0, 0.05) is 7.11 Å². The average molecular weight is 240 g/mol. The van der Waals surface area contributed by atoms with E-state index in [1.165, 1.54) is 7.11 Å². The molecule has 2 fully saturated rings. The van der Waals surface area contributed by atoms with Crippen LogP contribution in [0.2, 0.25) is 0 Å². The number of hydrogen-bond donors (Lipinski definition) is 1. The van der Waals surface area contributed by atoms with Crippen LogP contribution in [0.25, 0.3) is 0 Å². The zero-order chi connectivity index (χ0) is 12.5. The summed E-state index contributed by atoms with van der Waals surface area (Å²) in [7, 11) is 1.50. The van der Waals surface area contributed by atoms with Crippen molar-refractivity contribution in [2.75, 3.05) is 20.3 Å². The monoisotopic (exact) mass is 240 g/mol. The highest BCUT2D eigenvalue weighted by molar-refractivity contribution is 6.19. The summed E-state index contributed by atoms with van der Waals surface area (Å²) in [6.07, 6.45) is 2.78. The Kier molecular flexibility index (Phi) is 3.15. The van der Waals surface area contributed by atoms with Crippen molar-refractivity contribution in [3.63, 3.8) is 0 Å². The zero-order valence-corrected chi connectivity index (χ0v) is 9.82. The number of carbonyl (C=O) groups is 3. The largest absolute Gasteiger partial charge is 0.383 e. The number of methoxy groups -OCH3 is 1. The minimum absolute atomic E-state index is 0.191. The van der Waals surface area contributed by atoms with Crippen LogP contribution in [0.4, 0.5) is 4.79 Å². The number of rotatable bonds is 3. The fourth-order valence-electron chi connectivity index (χ4n) is 2.54. The van der Waals surface area contributed by atoms with E-state index in [1.807, 2.05) is 0 Å². The number of urea groups is 1. The Bertz CT molecular complexity index is 360. The second-order valence-corrected chi connectivity index (χ2v) is 4.50. The van der Waals surface area contributed by atoms with Gasteiger partial charge in [-0.25, -0.2) is 4.79 Å². The molecule has 6 nitrogen and oxygen atoms in total. The van der Waals surface area contributed by atoms with Crippen molar-refractivity contribution in [1.82, 2.24) is 10.2 Å². The molecule has 6 heteroatoms. The quantitative estimate of drug-likeness (QED) is 0.718. The summed E-state index contributed by atoms with van der Waals surface area (Å²) in [6.45, 7) is 0.472. The van der Waals surface area contributed by atoms with E-state index in [0.717, 1.165) is 17.7 Å². The van der Waals surface area contributed by atoms with Gasteiger partial charge in [-0.1, -0.05) is 12.8 Å². The summed E-state index contributed by atoms with van der Waals surface area (Å²) in [4.78, 5) is 36.8. The molecule has 1 saturated heterocycles. The number of hydrogen-bond acceptors (Lipinski definition) is 4. The van der Waals surface area contributed by atoms with Gasteiger partial charge in [-0.3, -0.25) is 19.8 Å². The van der Waals surface area contributed by atoms with Gasteiger partial charge in [-0.15, -0.1) is 0 Å². The highest BCUT2D eigenvalue weighted by Crippen LogP contribution is 2.41. The third kappa shape index (κ3) is 1.82. The van der Waals surface area contributed by atoms with E-state index in [1.54, 1.807) is 0 Å². The van der Waals surface area contributed by atoms with Crippen LogP contribution < -0.4 is 5.32 Å². The van der Waals surface area contributed by atoms with Crippen LogP contribution in [0.15, 0.2) is 0 Å². The van der Waals surface area contributed by atoms with Gasteiger partial charge in [0.05, 0.1) is 13.2 Å². The Morgan fingerprint density at radius 2 is 1.94 bits per heavy atom. The fraction of sp³-hybridized carbons (Fsp3) is 0.727. The number of amides is 4. The lowest BCUT2D eigenvalue weighted by atomic mass is 9.82. The van der Waals surface area contributed by atoms with Crippen molar-refractivity contribution in [3.05, 3.63) is 0 Å². The molecule has 1 saturated carbocycles. The van der Waals surface area contributed by atoms with Gasteiger partial charge in [0.25, 0.3) is 0 Å². The third-order valence-corrected chi connectivity index (χ3v) is 3.53. The predicted octanol–water partition coefficient (Wildman–Crippen LogP) is 0.272. The summed E-state index contributed by atoms with van der Waals surface area (Å²) in [6, 6.07) is -0.630. The van der Waals surface area contributed by atoms with E-state index in [-0.39, 0.29) is 19.1 Å². The molecule has 94 valence electrons. The molecule has 0 atom stereocenters. The lowest BCUT2D eigenvalue weighted by Crippen LogP contribution is -2.63. The molecule has 1 aliphatic heterocycles. The maximum absolute atomic E-state index is 12.3. The summed E-state index contributed by atoms with van der Waals surface area (Å²) in [5.74, 6) is -0.792. The fourth-order valence-corrected chi connectivity index (χ4v) is 2.54. The van der Waals surface area contributed by atoms with Gasteiger partial charge in [0.1, 0.15) is 5.41 Å². The summed E-state index contributed by atoms with van der Waals surface area (Å²) < 4.78 is 4.86. The molecule has 4 amide bonds. The molecule has 2 rings (SSSR count). The molecule has 0 bridgehead atoms. The minimum Gasteiger partial charge on any atom is -0.383 e. The van der Waals surface area contributed by atoms with Crippen molar-refractivity contribution < 1.29 is 19.1 Å². The zero-order valence-electron chi connectivity index (χ0n) is 9.82. The molecule has 0 aromatic rings. The van der Waals surface area contributed by atoms with E-state index in [9.17, 15) is 14.4 Å². The Balaban J connectivity index is 2.21. The molecule has 17 heavy (non-hydrogen) atoms. The lowest BCUT2D eigenvalue weighted by molar-refractivity contribution is -0.151. The maximum Gasteiger partial charge on any atom is 0.330 e. The van der Waals surface area contributed by atoms with Crippen molar-refractivity contribution in [3.8, 4) is 0 Å². The molecule has 0 unspecified atom stereocenters. The summed E-state index contributed by atoms with van der Waals surface area (Å²) in [5.41, 5.74) is -0.998. The Morgan fingerprint density at radius 3 is 2.53 bits per heavy atom. The summed E-state index contributed by atoms with van der Waals surface area (Å²) in [5, 5.41) is 2.27. The maximum atomic E-state index is 12.3. The molecular formula is C11H16N2O4. The molecule has 0 aromatic heterocycles. The Morgan fingerprint density at radius 1 is 1.29 bits per heavy atom. The van der Waals surface area contributed by atoms with E-state index in [0.29, 0.717) is 12.8 Å². The molecule has 1 aliphatic carbocycles. The van der Waals surface area contributed by atoms with Crippen molar-refractivity contribution in [1.29, 1.82) is 0 Å². The van der Waals surface area contributed by atoms with Crippen LogP contribution in [-0.2, 0) is 14.3 Å². The smallest absolute Gasteiger partial charge is 0.330 e. The van der Waals surface area contributed by atoms with Gasteiger partial charge in [-0.2, -0.15) is 0 Å². The number of ether oxygens (including phenoxy) is 1. The van der Waals surface area contributed by atoms with Gasteiger partial charge in [0.15, 0.2) is 0 Å². The second kappa shape index (κ2) is 4.44. The standard InChI is InChI=1S/C11H16N2O4/c1-17-7-6-13-9(15)11(4-2-3-5-11)8(14)12-10(13)16/h2-7H2,1H3,(H,12,14,16). The first-order valence-corrected chi connectivity index (χ1v) is 5.78. The van der Waals surface area contributed by atoms with Crippen LogP contribution in [0.5, 0.6) is 0 Å². The van der Waals surface area contributed by atoms with Crippen LogP contribution in [0, 0.1) is 5.41 Å². The van der Waals surface area contributed by atoms with Crippen LogP contribution >= 0.6 is 0 Å². The first-order chi connectivity index (χ1) is 8.12. The lowest BCUT2D eigenvalue weighted by Gasteiger charge is -2.36. The topological polar surface area (TPSA) is 75.7 Å². The van der Waals surface area contributed by atoms with Crippen molar-refractivity contribution >= 4 is 17.8 Å². The van der Waals surface area contributed by atoms with E-state index in [4.69, 9.17) is 4.74 Å². The van der Waals surface area contributed by atoms with Crippen molar-refractivity contribution in [2.45, 2.75) is 25.7 Å². The van der Waals surface area contributed by atoms with Gasteiger partial charge >= 0.3 is 6.03 Å². The first kappa shape index (κ1) is 12.0. The number of imide groups is 2. The summed E-state index contributed by atoms with van der Waals surface area (Å²) >= 11 is 0. The second-order valence-electron chi connectivity index (χ2n) is 4.50. The van der Waals surface area contributed by atoms with Gasteiger partial charge < -0.3 is 4.74 Å². The number of barbiturate groups is 1. The van der Waals surface area contributed by atoms with Crippen LogP contribution in [0.1, 0.15) is 25.7 Å². The molecule has 1 N–H and O–H groups in total. The highest BCUT2D eigenvalue weighted by atomic mass is 16.5. The predicted molar refractivity (Wildman–Crippen MR) is 58.0 cm³/mol. The normalized spacial score (nSPS) is 23.4. The number of carbonyl (C=O) groups excluding carboxylic acids is 3. The minimum atomic E-state index is -0.998. The van der Waals surface area contributed by atoms with Gasteiger partial charge in [-0.05, 0) is 12.8 Å². The first-order valence-electron chi connectivity index (χ1n) is 5.78. The highest BCUT2D eigenvalue weighted by Gasteiger charge is 2.54. The number of nitrogens with zero attached hydrogens (tertiary/aromatic N) is 1. The Hall–Kier alpha value is -1.43. The molecule has 0 aromatic carbocycles.